The topological polar surface area (TPSA) is 58.7 Å². The molecule has 0 radical (unpaired) electrons. The molecule has 112 valence electrons. The molecule has 0 aliphatic carbocycles. The molecule has 1 fully saturated rings. The third-order valence-electron chi connectivity index (χ3n) is 2.99. The van der Waals surface area contributed by atoms with Gasteiger partial charge < -0.3 is 4.42 Å². The molecule has 2 aromatic rings. The van der Waals surface area contributed by atoms with E-state index in [4.69, 9.17) is 16.0 Å². The number of furan rings is 1. The van der Waals surface area contributed by atoms with Crippen LogP contribution >= 0.6 is 23.4 Å². The number of carbonyl (C=O) groups excluding carboxylic acids is 1. The fraction of sp³-hybridized carbons (Fsp3) is 0.133. The van der Waals surface area contributed by atoms with E-state index in [0.29, 0.717) is 26.7 Å². The fourth-order valence-corrected chi connectivity index (χ4v) is 3.00. The highest BCUT2D eigenvalue weighted by Crippen LogP contribution is 2.34. The lowest BCUT2D eigenvalue weighted by molar-refractivity contribution is -0.121. The normalized spacial score (nSPS) is 18.7. The monoisotopic (exact) mass is 333 g/mol. The lowest BCUT2D eigenvalue weighted by Crippen LogP contribution is -2.23. The number of amides is 1. The van der Waals surface area contributed by atoms with E-state index in [1.165, 1.54) is 16.7 Å². The molecule has 1 aliphatic heterocycles. The van der Waals surface area contributed by atoms with Crippen molar-refractivity contribution in [1.29, 1.82) is 0 Å². The first-order valence-electron chi connectivity index (χ1n) is 6.48. The maximum atomic E-state index is 12.3. The van der Waals surface area contributed by atoms with Crippen molar-refractivity contribution in [3.05, 3.63) is 52.0 Å². The van der Waals surface area contributed by atoms with E-state index in [1.807, 2.05) is 19.1 Å². The van der Waals surface area contributed by atoms with Crippen LogP contribution in [0.2, 0.25) is 5.15 Å². The van der Waals surface area contributed by atoms with Crippen LogP contribution in [0.25, 0.3) is 6.08 Å². The van der Waals surface area contributed by atoms with Gasteiger partial charge in [0.2, 0.25) is 0 Å². The minimum atomic E-state index is -0.127. The van der Waals surface area contributed by atoms with Gasteiger partial charge in [-0.2, -0.15) is 0 Å². The number of likely N-dealkylation sites (N-methyl/N-ethyl adjacent to an activating group) is 1. The molecule has 0 bridgehead atoms. The number of hydrogen-bond acceptors (Lipinski definition) is 5. The number of nitrogens with zero attached hydrogens (tertiary/aromatic N) is 3. The van der Waals surface area contributed by atoms with Gasteiger partial charge in [0.05, 0.1) is 4.91 Å². The number of rotatable bonds is 2. The van der Waals surface area contributed by atoms with Crippen molar-refractivity contribution in [1.82, 2.24) is 9.88 Å². The molecule has 22 heavy (non-hydrogen) atoms. The van der Waals surface area contributed by atoms with Gasteiger partial charge in [-0.15, -0.1) is 0 Å². The Balaban J connectivity index is 1.92. The first kappa shape index (κ1) is 14.9. The predicted octanol–water partition coefficient (Wildman–Crippen LogP) is 3.87. The molecule has 0 unspecified atom stereocenters. The Morgan fingerprint density at radius 2 is 2.23 bits per heavy atom. The van der Waals surface area contributed by atoms with Crippen LogP contribution in [-0.4, -0.2) is 28.0 Å². The molecule has 5 nitrogen and oxygen atoms in total. The number of pyridine rings is 1. The summed E-state index contributed by atoms with van der Waals surface area (Å²) in [6, 6.07) is 7.17. The van der Waals surface area contributed by atoms with Crippen LogP contribution in [0.5, 0.6) is 0 Å². The van der Waals surface area contributed by atoms with Crippen LogP contribution in [0.15, 0.2) is 44.8 Å². The summed E-state index contributed by atoms with van der Waals surface area (Å²) in [6.07, 6.45) is 3.30. The number of carbonyl (C=O) groups is 1. The summed E-state index contributed by atoms with van der Waals surface area (Å²) in [4.78, 5) is 22.7. The van der Waals surface area contributed by atoms with Gasteiger partial charge >= 0.3 is 0 Å². The summed E-state index contributed by atoms with van der Waals surface area (Å²) >= 11 is 7.27. The van der Waals surface area contributed by atoms with Crippen LogP contribution in [0, 0.1) is 6.92 Å². The molecule has 7 heteroatoms. The first-order valence-corrected chi connectivity index (χ1v) is 7.67. The average Bonchev–Trinajstić information content (AvgIpc) is 3.01. The molecule has 0 atom stereocenters. The highest BCUT2D eigenvalue weighted by Gasteiger charge is 2.30. The Morgan fingerprint density at radius 3 is 2.91 bits per heavy atom. The van der Waals surface area contributed by atoms with Crippen molar-refractivity contribution in [2.75, 3.05) is 7.05 Å². The number of halogens is 1. The molecule has 2 aromatic heterocycles. The van der Waals surface area contributed by atoms with Crippen molar-refractivity contribution in [2.45, 2.75) is 6.92 Å². The van der Waals surface area contributed by atoms with Crippen LogP contribution in [0.3, 0.4) is 0 Å². The van der Waals surface area contributed by atoms with Gasteiger partial charge in [0.25, 0.3) is 5.91 Å². The summed E-state index contributed by atoms with van der Waals surface area (Å²) in [5, 5.41) is 0.852. The molecular weight excluding hydrogens is 322 g/mol. The van der Waals surface area contributed by atoms with Crippen molar-refractivity contribution in [2.24, 2.45) is 4.99 Å². The molecular formula is C15H12ClN3O2S. The zero-order chi connectivity index (χ0) is 15.7. The minimum absolute atomic E-state index is 0.127. The largest absolute Gasteiger partial charge is 0.462 e. The van der Waals surface area contributed by atoms with E-state index >= 15 is 0 Å². The van der Waals surface area contributed by atoms with Crippen molar-refractivity contribution in [3.8, 4) is 0 Å². The van der Waals surface area contributed by atoms with Gasteiger partial charge in [-0.3, -0.25) is 9.69 Å². The SMILES string of the molecule is Cc1ccc(/C=C2/SC(=Nc3cccnc3Cl)N(C)C2=O)o1. The van der Waals surface area contributed by atoms with Crippen LogP contribution in [0.1, 0.15) is 11.5 Å². The van der Waals surface area contributed by atoms with E-state index in [1.54, 1.807) is 31.5 Å². The quantitative estimate of drug-likeness (QED) is 0.618. The highest BCUT2D eigenvalue weighted by molar-refractivity contribution is 8.18. The second-order valence-electron chi connectivity index (χ2n) is 4.63. The van der Waals surface area contributed by atoms with E-state index in [-0.39, 0.29) is 5.91 Å². The van der Waals surface area contributed by atoms with Gasteiger partial charge in [-0.05, 0) is 43.0 Å². The standard InChI is InChI=1S/C15H12ClN3O2S/c1-9-5-6-10(21-9)8-12-14(20)19(2)15(22-12)18-11-4-3-7-17-13(11)16/h3-8H,1-2H3/b12-8+,18-15?. The Morgan fingerprint density at radius 1 is 1.41 bits per heavy atom. The number of hydrogen-bond donors (Lipinski definition) is 0. The maximum absolute atomic E-state index is 12.3. The van der Waals surface area contributed by atoms with Crippen molar-refractivity contribution < 1.29 is 9.21 Å². The summed E-state index contributed by atoms with van der Waals surface area (Å²) in [7, 11) is 1.67. The number of aromatic nitrogens is 1. The molecule has 1 aliphatic rings. The maximum Gasteiger partial charge on any atom is 0.266 e. The Bertz CT molecular complexity index is 798. The van der Waals surface area contributed by atoms with Crippen molar-refractivity contribution in [3.63, 3.8) is 0 Å². The molecule has 3 rings (SSSR count). The number of aryl methyl sites for hydroxylation is 1. The highest BCUT2D eigenvalue weighted by atomic mass is 35.5. The predicted molar refractivity (Wildman–Crippen MR) is 88.1 cm³/mol. The Hall–Kier alpha value is -2.05. The molecule has 1 amide bonds. The third kappa shape index (κ3) is 2.93. The second-order valence-corrected chi connectivity index (χ2v) is 6.00. The van der Waals surface area contributed by atoms with E-state index in [2.05, 4.69) is 9.98 Å². The van der Waals surface area contributed by atoms with Crippen LogP contribution in [0.4, 0.5) is 5.69 Å². The van der Waals surface area contributed by atoms with Gasteiger partial charge in [0.1, 0.15) is 17.2 Å². The van der Waals surface area contributed by atoms with Gasteiger partial charge in [0, 0.05) is 19.3 Å². The third-order valence-corrected chi connectivity index (χ3v) is 4.34. The second kappa shape index (κ2) is 5.98. The van der Waals surface area contributed by atoms with E-state index in [0.717, 1.165) is 5.76 Å². The smallest absolute Gasteiger partial charge is 0.266 e. The molecule has 0 spiro atoms. The Labute approximate surface area is 136 Å². The average molecular weight is 334 g/mol. The van der Waals surface area contributed by atoms with Crippen LogP contribution < -0.4 is 0 Å². The van der Waals surface area contributed by atoms with E-state index in [9.17, 15) is 4.79 Å². The molecule has 1 saturated heterocycles. The lowest BCUT2D eigenvalue weighted by atomic mass is 10.3. The van der Waals surface area contributed by atoms with Crippen molar-refractivity contribution >= 4 is 46.2 Å². The Kier molecular flexibility index (Phi) is 4.04. The van der Waals surface area contributed by atoms with Crippen LogP contribution in [-0.2, 0) is 4.79 Å². The zero-order valence-electron chi connectivity index (χ0n) is 11.9. The molecule has 0 saturated carbocycles. The summed E-state index contributed by atoms with van der Waals surface area (Å²) in [5.41, 5.74) is 0.529. The number of thioether (sulfide) groups is 1. The lowest BCUT2D eigenvalue weighted by Gasteiger charge is -2.07. The fourth-order valence-electron chi connectivity index (χ4n) is 1.88. The zero-order valence-corrected chi connectivity index (χ0v) is 13.5. The molecule has 0 N–H and O–H groups in total. The van der Waals surface area contributed by atoms with Gasteiger partial charge in [-0.1, -0.05) is 11.6 Å². The minimum Gasteiger partial charge on any atom is -0.462 e. The van der Waals surface area contributed by atoms with Gasteiger partial charge in [0.15, 0.2) is 10.3 Å². The van der Waals surface area contributed by atoms with E-state index < -0.39 is 0 Å². The first-order chi connectivity index (χ1) is 10.5. The number of amidine groups is 1. The van der Waals surface area contributed by atoms with Gasteiger partial charge in [-0.25, -0.2) is 9.98 Å². The molecule has 0 aromatic carbocycles. The summed E-state index contributed by atoms with van der Waals surface area (Å²) in [6.45, 7) is 1.86. The number of aliphatic imine (C=N–C) groups is 1. The summed E-state index contributed by atoms with van der Waals surface area (Å²) in [5.74, 6) is 1.31. The molecule has 3 heterocycles. The summed E-state index contributed by atoms with van der Waals surface area (Å²) < 4.78 is 5.47.